The predicted molar refractivity (Wildman–Crippen MR) is 80.0 cm³/mol. The number of anilines is 1. The van der Waals surface area contributed by atoms with Crippen molar-refractivity contribution in [2.24, 2.45) is 0 Å². The summed E-state index contributed by atoms with van der Waals surface area (Å²) in [6.07, 6.45) is 4.93. The normalized spacial score (nSPS) is 10.1. The van der Waals surface area contributed by atoms with E-state index < -0.39 is 0 Å². The molecule has 0 fully saturated rings. The molecule has 1 aromatic carbocycles. The molecule has 0 aliphatic heterocycles. The molecule has 0 saturated heterocycles. The van der Waals surface area contributed by atoms with E-state index in [-0.39, 0.29) is 11.7 Å². The van der Waals surface area contributed by atoms with Crippen molar-refractivity contribution in [3.63, 3.8) is 0 Å². The lowest BCUT2D eigenvalue weighted by atomic mass is 10.1. The third-order valence-corrected chi connectivity index (χ3v) is 3.04. The molecule has 0 aliphatic rings. The fraction of sp³-hybridized carbons (Fsp3) is 0.500. The van der Waals surface area contributed by atoms with Gasteiger partial charge in [-0.05, 0) is 31.9 Å². The minimum Gasteiger partial charge on any atom is -0.497 e. The van der Waals surface area contributed by atoms with Crippen molar-refractivity contribution in [1.82, 2.24) is 0 Å². The second-order valence-electron chi connectivity index (χ2n) is 4.90. The molecule has 1 aromatic rings. The number of rotatable bonds is 9. The van der Waals surface area contributed by atoms with Crippen molar-refractivity contribution >= 4 is 17.4 Å². The summed E-state index contributed by atoms with van der Waals surface area (Å²) in [6.45, 7) is 1.61. The number of hydrogen-bond acceptors (Lipinski definition) is 3. The molecule has 0 atom stereocenters. The molecule has 20 heavy (non-hydrogen) atoms. The molecule has 1 N–H and O–H groups in total. The largest absolute Gasteiger partial charge is 0.497 e. The first-order valence-corrected chi connectivity index (χ1v) is 7.05. The van der Waals surface area contributed by atoms with Crippen molar-refractivity contribution in [2.75, 3.05) is 12.4 Å². The lowest BCUT2D eigenvalue weighted by Gasteiger charge is -2.07. The van der Waals surface area contributed by atoms with E-state index in [0.717, 1.165) is 37.1 Å². The van der Waals surface area contributed by atoms with Crippen LogP contribution in [0.25, 0.3) is 0 Å². The van der Waals surface area contributed by atoms with Crippen LogP contribution in [-0.2, 0) is 9.59 Å². The van der Waals surface area contributed by atoms with Crippen LogP contribution < -0.4 is 10.1 Å². The molecule has 0 unspecified atom stereocenters. The molecule has 0 radical (unpaired) electrons. The highest BCUT2D eigenvalue weighted by Gasteiger charge is 2.03. The Hall–Kier alpha value is -1.84. The highest BCUT2D eigenvalue weighted by molar-refractivity contribution is 5.90. The maximum atomic E-state index is 11.7. The van der Waals surface area contributed by atoms with Gasteiger partial charge in [0.2, 0.25) is 5.91 Å². The smallest absolute Gasteiger partial charge is 0.224 e. The first kappa shape index (κ1) is 16.2. The lowest BCUT2D eigenvalue weighted by Crippen LogP contribution is -2.11. The summed E-state index contributed by atoms with van der Waals surface area (Å²) in [5, 5.41) is 2.85. The molecule has 1 rings (SSSR count). The second-order valence-corrected chi connectivity index (χ2v) is 4.90. The van der Waals surface area contributed by atoms with Gasteiger partial charge in [0.15, 0.2) is 0 Å². The molecule has 0 bridgehead atoms. The summed E-state index contributed by atoms with van der Waals surface area (Å²) < 4.78 is 5.10. The van der Waals surface area contributed by atoms with E-state index in [4.69, 9.17) is 4.74 Å². The number of benzene rings is 1. The van der Waals surface area contributed by atoms with E-state index in [2.05, 4.69) is 5.32 Å². The van der Waals surface area contributed by atoms with Gasteiger partial charge in [0.25, 0.3) is 0 Å². The van der Waals surface area contributed by atoms with Gasteiger partial charge < -0.3 is 14.8 Å². The zero-order chi connectivity index (χ0) is 14.8. The number of unbranched alkanes of at least 4 members (excludes halogenated alkanes) is 3. The van der Waals surface area contributed by atoms with E-state index in [1.807, 2.05) is 18.2 Å². The molecule has 1 amide bonds. The van der Waals surface area contributed by atoms with Crippen molar-refractivity contribution < 1.29 is 14.3 Å². The van der Waals surface area contributed by atoms with Gasteiger partial charge in [0.1, 0.15) is 11.5 Å². The molecular weight excluding hydrogens is 254 g/mol. The summed E-state index contributed by atoms with van der Waals surface area (Å²) in [4.78, 5) is 22.5. The average Bonchev–Trinajstić information content (AvgIpc) is 2.42. The van der Waals surface area contributed by atoms with Gasteiger partial charge in [-0.2, -0.15) is 0 Å². The topological polar surface area (TPSA) is 55.4 Å². The van der Waals surface area contributed by atoms with E-state index in [0.29, 0.717) is 12.8 Å². The van der Waals surface area contributed by atoms with Crippen LogP contribution in [0.5, 0.6) is 5.75 Å². The van der Waals surface area contributed by atoms with Crippen LogP contribution in [0.1, 0.15) is 45.4 Å². The van der Waals surface area contributed by atoms with Crippen LogP contribution in [0.15, 0.2) is 24.3 Å². The second kappa shape index (κ2) is 9.13. The zero-order valence-electron chi connectivity index (χ0n) is 12.3. The fourth-order valence-corrected chi connectivity index (χ4v) is 1.94. The molecule has 0 heterocycles. The molecule has 0 aliphatic carbocycles. The van der Waals surface area contributed by atoms with Crippen molar-refractivity contribution in [2.45, 2.75) is 45.4 Å². The number of amides is 1. The van der Waals surface area contributed by atoms with E-state index in [1.54, 1.807) is 20.1 Å². The van der Waals surface area contributed by atoms with Crippen LogP contribution in [0.3, 0.4) is 0 Å². The number of carbonyl (C=O) groups is 2. The first-order chi connectivity index (χ1) is 9.61. The Bertz CT molecular complexity index is 443. The van der Waals surface area contributed by atoms with Crippen LogP contribution in [0, 0.1) is 0 Å². The summed E-state index contributed by atoms with van der Waals surface area (Å²) in [5.74, 6) is 0.984. The maximum absolute atomic E-state index is 11.7. The van der Waals surface area contributed by atoms with Gasteiger partial charge in [0, 0.05) is 24.6 Å². The number of carbonyl (C=O) groups excluding carboxylic acids is 2. The predicted octanol–water partition coefficient (Wildman–Crippen LogP) is 3.56. The third-order valence-electron chi connectivity index (χ3n) is 3.04. The van der Waals surface area contributed by atoms with Gasteiger partial charge in [-0.15, -0.1) is 0 Å². The molecule has 0 spiro atoms. The third kappa shape index (κ3) is 6.92. The number of Topliss-reactive ketones (excluding diaryl/α,β-unsaturated/α-hetero) is 1. The molecule has 4 nitrogen and oxygen atoms in total. The first-order valence-electron chi connectivity index (χ1n) is 7.05. The van der Waals surface area contributed by atoms with Gasteiger partial charge in [-0.25, -0.2) is 0 Å². The van der Waals surface area contributed by atoms with Crippen LogP contribution in [0.4, 0.5) is 5.69 Å². The summed E-state index contributed by atoms with van der Waals surface area (Å²) in [7, 11) is 1.60. The lowest BCUT2D eigenvalue weighted by molar-refractivity contribution is -0.117. The highest BCUT2D eigenvalue weighted by atomic mass is 16.5. The number of hydrogen-bond donors (Lipinski definition) is 1. The number of methoxy groups -OCH3 is 1. The van der Waals surface area contributed by atoms with Crippen molar-refractivity contribution in [3.05, 3.63) is 24.3 Å². The van der Waals surface area contributed by atoms with Crippen molar-refractivity contribution in [1.29, 1.82) is 0 Å². The van der Waals surface area contributed by atoms with Crippen molar-refractivity contribution in [3.8, 4) is 5.75 Å². The minimum absolute atomic E-state index is 0.0184. The Labute approximate surface area is 120 Å². The Morgan fingerprint density at radius 3 is 2.45 bits per heavy atom. The van der Waals surface area contributed by atoms with E-state index in [1.165, 1.54) is 0 Å². The van der Waals surface area contributed by atoms with Crippen LogP contribution in [-0.4, -0.2) is 18.8 Å². The maximum Gasteiger partial charge on any atom is 0.224 e. The zero-order valence-corrected chi connectivity index (χ0v) is 12.3. The SMILES string of the molecule is COc1cccc(NC(=O)CCCCCCC(C)=O)c1. The van der Waals surface area contributed by atoms with Gasteiger partial charge >= 0.3 is 0 Å². The van der Waals surface area contributed by atoms with E-state index in [9.17, 15) is 9.59 Å². The van der Waals surface area contributed by atoms with Gasteiger partial charge in [-0.3, -0.25) is 4.79 Å². The highest BCUT2D eigenvalue weighted by Crippen LogP contribution is 2.17. The monoisotopic (exact) mass is 277 g/mol. The summed E-state index contributed by atoms with van der Waals surface area (Å²) in [6, 6.07) is 7.32. The quantitative estimate of drug-likeness (QED) is 0.702. The fourth-order valence-electron chi connectivity index (χ4n) is 1.94. The average molecular weight is 277 g/mol. The number of ether oxygens (including phenoxy) is 1. The Balaban J connectivity index is 2.18. The Morgan fingerprint density at radius 2 is 1.80 bits per heavy atom. The molecular formula is C16H23NO3. The standard InChI is InChI=1S/C16H23NO3/c1-13(18)8-5-3-4-6-11-16(19)17-14-9-7-10-15(12-14)20-2/h7,9-10,12H,3-6,8,11H2,1-2H3,(H,17,19). The number of ketones is 1. The molecule has 110 valence electrons. The van der Waals surface area contributed by atoms with E-state index >= 15 is 0 Å². The molecule has 0 saturated carbocycles. The van der Waals surface area contributed by atoms with Gasteiger partial charge in [-0.1, -0.05) is 18.9 Å². The summed E-state index contributed by atoms with van der Waals surface area (Å²) in [5.41, 5.74) is 0.755. The van der Waals surface area contributed by atoms with Crippen LogP contribution >= 0.6 is 0 Å². The van der Waals surface area contributed by atoms with Gasteiger partial charge in [0.05, 0.1) is 7.11 Å². The minimum atomic E-state index is 0.0184. The molecule has 0 aromatic heterocycles. The summed E-state index contributed by atoms with van der Waals surface area (Å²) >= 11 is 0. The Kier molecular flexibility index (Phi) is 7.40. The Morgan fingerprint density at radius 1 is 1.10 bits per heavy atom. The van der Waals surface area contributed by atoms with Crippen LogP contribution in [0.2, 0.25) is 0 Å². The number of nitrogens with one attached hydrogen (secondary N) is 1. The molecule has 4 heteroatoms.